The van der Waals surface area contributed by atoms with Gasteiger partial charge in [0.1, 0.15) is 5.75 Å². The van der Waals surface area contributed by atoms with Gasteiger partial charge in [0, 0.05) is 17.8 Å². The third kappa shape index (κ3) is 2.86. The van der Waals surface area contributed by atoms with E-state index in [4.69, 9.17) is 4.74 Å². The Bertz CT molecular complexity index is 730. The number of fused-ring (bicyclic) bond motifs is 1. The molecule has 2 aromatic rings. The number of carbonyl (C=O) groups is 2. The Morgan fingerprint density at radius 2 is 1.87 bits per heavy atom. The van der Waals surface area contributed by atoms with Crippen molar-refractivity contribution in [2.75, 3.05) is 7.11 Å². The molecule has 0 spiro atoms. The average Bonchev–Trinajstić information content (AvgIpc) is 2.85. The van der Waals surface area contributed by atoms with Crippen LogP contribution in [0.2, 0.25) is 0 Å². The number of methoxy groups -OCH3 is 1. The van der Waals surface area contributed by atoms with Crippen LogP contribution in [0.15, 0.2) is 36.4 Å². The zero-order valence-corrected chi connectivity index (χ0v) is 13.0. The van der Waals surface area contributed by atoms with Crippen molar-refractivity contribution < 1.29 is 19.4 Å². The zero-order valence-electron chi connectivity index (χ0n) is 13.0. The molecule has 1 unspecified atom stereocenters. The molecule has 0 saturated carbocycles. The third-order valence-electron chi connectivity index (χ3n) is 4.38. The maximum Gasteiger partial charge on any atom is 0.312 e. The molecule has 3 rings (SSSR count). The lowest BCUT2D eigenvalue weighted by Crippen LogP contribution is -2.16. The summed E-state index contributed by atoms with van der Waals surface area (Å²) in [5, 5.41) is 9.42. The van der Waals surface area contributed by atoms with Crippen molar-refractivity contribution >= 4 is 11.8 Å². The third-order valence-corrected chi connectivity index (χ3v) is 4.38. The zero-order chi connectivity index (χ0) is 16.4. The first-order valence-corrected chi connectivity index (χ1v) is 7.73. The number of aliphatic carboxylic acids is 1. The highest BCUT2D eigenvalue weighted by atomic mass is 16.5. The van der Waals surface area contributed by atoms with Crippen molar-refractivity contribution in [2.24, 2.45) is 0 Å². The molecule has 1 N–H and O–H groups in total. The summed E-state index contributed by atoms with van der Waals surface area (Å²) in [4.78, 5) is 24.2. The van der Waals surface area contributed by atoms with Crippen LogP contribution >= 0.6 is 0 Å². The maximum absolute atomic E-state index is 12.8. The van der Waals surface area contributed by atoms with Crippen LogP contribution in [-0.2, 0) is 11.3 Å². The monoisotopic (exact) mass is 313 g/mol. The Morgan fingerprint density at radius 3 is 2.52 bits per heavy atom. The summed E-state index contributed by atoms with van der Waals surface area (Å²) < 4.78 is 6.98. The van der Waals surface area contributed by atoms with Crippen molar-refractivity contribution in [1.29, 1.82) is 0 Å². The Hall–Kier alpha value is -2.56. The summed E-state index contributed by atoms with van der Waals surface area (Å²) in [7, 11) is 1.58. The highest BCUT2D eigenvalue weighted by Gasteiger charge is 2.28. The highest BCUT2D eigenvalue weighted by Crippen LogP contribution is 2.30. The SMILES string of the molecule is COc1ccc(C(=O)c2ccc3n2CCCCC3C(=O)O)cc1. The molecule has 5 heteroatoms. The molecule has 5 nitrogen and oxygen atoms in total. The molecule has 1 atom stereocenters. The predicted octanol–water partition coefficient (Wildman–Crippen LogP) is 3.08. The second kappa shape index (κ2) is 6.28. The van der Waals surface area contributed by atoms with Gasteiger partial charge in [-0.05, 0) is 49.2 Å². The normalized spacial score (nSPS) is 17.2. The number of ketones is 1. The molecule has 1 aromatic carbocycles. The molecular formula is C18H19NO4. The summed E-state index contributed by atoms with van der Waals surface area (Å²) in [5.74, 6) is -0.754. The highest BCUT2D eigenvalue weighted by molar-refractivity contribution is 6.08. The molecule has 120 valence electrons. The first-order valence-electron chi connectivity index (χ1n) is 7.73. The molecular weight excluding hydrogens is 294 g/mol. The van der Waals surface area contributed by atoms with E-state index in [0.29, 0.717) is 30.0 Å². The van der Waals surface area contributed by atoms with Gasteiger partial charge in [0.25, 0.3) is 0 Å². The fourth-order valence-electron chi connectivity index (χ4n) is 3.14. The number of ether oxygens (including phenoxy) is 1. The van der Waals surface area contributed by atoms with Crippen molar-refractivity contribution in [3.05, 3.63) is 53.3 Å². The molecule has 0 bridgehead atoms. The minimum atomic E-state index is -0.824. The van der Waals surface area contributed by atoms with Crippen molar-refractivity contribution in [1.82, 2.24) is 4.57 Å². The second-order valence-electron chi connectivity index (χ2n) is 5.74. The number of aromatic nitrogens is 1. The average molecular weight is 313 g/mol. The van der Waals surface area contributed by atoms with Crippen LogP contribution < -0.4 is 4.74 Å². The van der Waals surface area contributed by atoms with Gasteiger partial charge in [-0.15, -0.1) is 0 Å². The van der Waals surface area contributed by atoms with E-state index in [1.807, 2.05) is 4.57 Å². The van der Waals surface area contributed by atoms with Gasteiger partial charge in [0.2, 0.25) is 5.78 Å². The Kier molecular flexibility index (Phi) is 4.19. The van der Waals surface area contributed by atoms with E-state index in [9.17, 15) is 14.7 Å². The van der Waals surface area contributed by atoms with Gasteiger partial charge < -0.3 is 14.4 Å². The first kappa shape index (κ1) is 15.3. The fourth-order valence-corrected chi connectivity index (χ4v) is 3.14. The molecule has 0 aliphatic carbocycles. The summed E-state index contributed by atoms with van der Waals surface area (Å²) in [6.07, 6.45) is 2.36. The maximum atomic E-state index is 12.8. The van der Waals surface area contributed by atoms with E-state index < -0.39 is 11.9 Å². The van der Waals surface area contributed by atoms with Crippen molar-refractivity contribution in [2.45, 2.75) is 31.7 Å². The number of rotatable bonds is 4. The summed E-state index contributed by atoms with van der Waals surface area (Å²) in [6.45, 7) is 0.684. The largest absolute Gasteiger partial charge is 0.497 e. The molecule has 23 heavy (non-hydrogen) atoms. The van der Waals surface area contributed by atoms with Crippen LogP contribution in [-0.4, -0.2) is 28.5 Å². The Labute approximate surface area is 134 Å². The van der Waals surface area contributed by atoms with Gasteiger partial charge in [-0.25, -0.2) is 0 Å². The lowest BCUT2D eigenvalue weighted by molar-refractivity contribution is -0.139. The number of hydrogen-bond donors (Lipinski definition) is 1. The van der Waals surface area contributed by atoms with E-state index >= 15 is 0 Å². The number of hydrogen-bond acceptors (Lipinski definition) is 3. The summed E-state index contributed by atoms with van der Waals surface area (Å²) in [6, 6.07) is 10.5. The van der Waals surface area contributed by atoms with E-state index in [1.165, 1.54) is 0 Å². The second-order valence-corrected chi connectivity index (χ2v) is 5.74. The van der Waals surface area contributed by atoms with Crippen molar-refractivity contribution in [3.63, 3.8) is 0 Å². The van der Waals surface area contributed by atoms with E-state index in [1.54, 1.807) is 43.5 Å². The minimum Gasteiger partial charge on any atom is -0.497 e. The minimum absolute atomic E-state index is 0.0926. The van der Waals surface area contributed by atoms with Crippen LogP contribution in [0.25, 0.3) is 0 Å². The van der Waals surface area contributed by atoms with Crippen LogP contribution in [0, 0.1) is 0 Å². The molecule has 1 aliphatic rings. The van der Waals surface area contributed by atoms with Crippen LogP contribution in [0.5, 0.6) is 5.75 Å². The van der Waals surface area contributed by atoms with Crippen LogP contribution in [0.3, 0.4) is 0 Å². The number of carbonyl (C=O) groups excluding carboxylic acids is 1. The van der Waals surface area contributed by atoms with Gasteiger partial charge in [0.15, 0.2) is 0 Å². The number of carboxylic acid groups (broad SMARTS) is 1. The molecule has 1 aromatic heterocycles. The lowest BCUT2D eigenvalue weighted by atomic mass is 10.0. The molecule has 0 saturated heterocycles. The van der Waals surface area contributed by atoms with Gasteiger partial charge in [-0.1, -0.05) is 6.42 Å². The summed E-state index contributed by atoms with van der Waals surface area (Å²) >= 11 is 0. The Balaban J connectivity index is 1.97. The number of nitrogens with zero attached hydrogens (tertiary/aromatic N) is 1. The topological polar surface area (TPSA) is 68.5 Å². The quantitative estimate of drug-likeness (QED) is 0.881. The summed E-state index contributed by atoms with van der Waals surface area (Å²) in [5.41, 5.74) is 1.85. The Morgan fingerprint density at radius 1 is 1.13 bits per heavy atom. The molecule has 0 radical (unpaired) electrons. The fraction of sp³-hybridized carbons (Fsp3) is 0.333. The first-order chi connectivity index (χ1) is 11.1. The van der Waals surface area contributed by atoms with Gasteiger partial charge in [-0.2, -0.15) is 0 Å². The van der Waals surface area contributed by atoms with Crippen LogP contribution in [0.1, 0.15) is 46.9 Å². The van der Waals surface area contributed by atoms with E-state index in [-0.39, 0.29) is 5.78 Å². The van der Waals surface area contributed by atoms with E-state index in [2.05, 4.69) is 0 Å². The van der Waals surface area contributed by atoms with Gasteiger partial charge in [-0.3, -0.25) is 9.59 Å². The number of carboxylic acids is 1. The smallest absolute Gasteiger partial charge is 0.312 e. The molecule has 0 amide bonds. The molecule has 2 heterocycles. The van der Waals surface area contributed by atoms with Gasteiger partial charge in [0.05, 0.1) is 18.7 Å². The van der Waals surface area contributed by atoms with Gasteiger partial charge >= 0.3 is 5.97 Å². The van der Waals surface area contributed by atoms with Crippen molar-refractivity contribution in [3.8, 4) is 5.75 Å². The molecule has 1 aliphatic heterocycles. The van der Waals surface area contributed by atoms with Crippen LogP contribution in [0.4, 0.5) is 0 Å². The standard InChI is InChI=1S/C18H19NO4/c1-23-13-7-5-12(6-8-13)17(20)16-10-9-15-14(18(21)22)4-2-3-11-19(15)16/h5-10,14H,2-4,11H2,1H3,(H,21,22). The lowest BCUT2D eigenvalue weighted by Gasteiger charge is -2.13. The van der Waals surface area contributed by atoms with E-state index in [0.717, 1.165) is 18.5 Å². The number of benzene rings is 1. The molecule has 0 fully saturated rings. The predicted molar refractivity (Wildman–Crippen MR) is 85.1 cm³/mol.